The van der Waals surface area contributed by atoms with E-state index in [2.05, 4.69) is 6.07 Å². The van der Waals surface area contributed by atoms with Crippen LogP contribution in [0.1, 0.15) is 27.8 Å². The molecule has 3 aromatic rings. The van der Waals surface area contributed by atoms with Gasteiger partial charge in [-0.1, -0.05) is 54.1 Å². The predicted molar refractivity (Wildman–Crippen MR) is 131 cm³/mol. The average Bonchev–Trinajstić information content (AvgIpc) is 3.11. The van der Waals surface area contributed by atoms with Gasteiger partial charge >= 0.3 is 0 Å². The van der Waals surface area contributed by atoms with Gasteiger partial charge in [0.15, 0.2) is 11.5 Å². The van der Waals surface area contributed by atoms with Crippen molar-refractivity contribution in [1.29, 1.82) is 5.26 Å². The summed E-state index contributed by atoms with van der Waals surface area (Å²) in [6.07, 6.45) is 1.68. The molecule has 4 rings (SSSR count). The minimum absolute atomic E-state index is 0.220. The third kappa shape index (κ3) is 5.13. The molecule has 0 aliphatic carbocycles. The number of methoxy groups -OCH3 is 1. The Bertz CT molecular complexity index is 1310. The molecule has 34 heavy (non-hydrogen) atoms. The minimum Gasteiger partial charge on any atom is -0.493 e. The molecule has 1 heterocycles. The topological polar surface area (TPSA) is 79.6 Å². The summed E-state index contributed by atoms with van der Waals surface area (Å²) in [5.74, 6) is 0.685. The van der Waals surface area contributed by atoms with E-state index >= 15 is 0 Å². The van der Waals surface area contributed by atoms with Crippen molar-refractivity contribution in [2.75, 3.05) is 7.11 Å². The van der Waals surface area contributed by atoms with Crippen molar-refractivity contribution in [3.63, 3.8) is 0 Å². The maximum absolute atomic E-state index is 12.9. The molecule has 2 amide bonds. The van der Waals surface area contributed by atoms with Gasteiger partial charge in [0.25, 0.3) is 11.1 Å². The number of nitrogens with zero attached hydrogens (tertiary/aromatic N) is 2. The zero-order valence-electron chi connectivity index (χ0n) is 18.8. The van der Waals surface area contributed by atoms with Crippen LogP contribution in [0.3, 0.4) is 0 Å². The second-order valence-electron chi connectivity index (χ2n) is 7.72. The number of thioether (sulfide) groups is 1. The molecule has 0 atom stereocenters. The lowest BCUT2D eigenvalue weighted by atomic mass is 10.1. The second kappa shape index (κ2) is 10.3. The zero-order valence-corrected chi connectivity index (χ0v) is 19.6. The van der Waals surface area contributed by atoms with Gasteiger partial charge in [-0.25, -0.2) is 0 Å². The van der Waals surface area contributed by atoms with E-state index < -0.39 is 0 Å². The summed E-state index contributed by atoms with van der Waals surface area (Å²) in [5, 5.41) is 8.96. The van der Waals surface area contributed by atoms with Gasteiger partial charge < -0.3 is 9.47 Å². The van der Waals surface area contributed by atoms with Gasteiger partial charge in [-0.2, -0.15) is 5.26 Å². The molecule has 170 valence electrons. The number of nitriles is 1. The van der Waals surface area contributed by atoms with E-state index in [0.29, 0.717) is 27.5 Å². The standard InChI is InChI=1S/C27H22N2O4S/c1-18-7-9-19(10-8-18)16-29-26(30)25(34-27(29)31)14-20-11-12-23(24(13-20)32-2)33-17-22-6-4-3-5-21(22)15-28/h3-14H,16-17H2,1-2H3/b25-14-. The first-order valence-corrected chi connectivity index (χ1v) is 11.4. The monoisotopic (exact) mass is 470 g/mol. The average molecular weight is 471 g/mol. The van der Waals surface area contributed by atoms with Crippen LogP contribution >= 0.6 is 11.8 Å². The van der Waals surface area contributed by atoms with E-state index in [0.717, 1.165) is 28.5 Å². The molecule has 0 aromatic heterocycles. The summed E-state index contributed by atoms with van der Waals surface area (Å²) in [6.45, 7) is 2.45. The highest BCUT2D eigenvalue weighted by atomic mass is 32.2. The van der Waals surface area contributed by atoms with Crippen LogP contribution in [-0.4, -0.2) is 23.2 Å². The Morgan fingerprint density at radius 1 is 1.03 bits per heavy atom. The number of rotatable bonds is 7. The molecular formula is C27H22N2O4S. The molecule has 0 spiro atoms. The molecule has 1 aliphatic rings. The van der Waals surface area contributed by atoms with Crippen LogP contribution in [0.5, 0.6) is 11.5 Å². The Morgan fingerprint density at radius 2 is 1.79 bits per heavy atom. The van der Waals surface area contributed by atoms with Crippen LogP contribution in [0, 0.1) is 18.3 Å². The number of aryl methyl sites for hydroxylation is 1. The Balaban J connectivity index is 1.49. The zero-order chi connectivity index (χ0) is 24.1. The molecule has 0 N–H and O–H groups in total. The van der Waals surface area contributed by atoms with Crippen LogP contribution in [0.2, 0.25) is 0 Å². The number of hydrogen-bond donors (Lipinski definition) is 0. The number of amides is 2. The van der Waals surface area contributed by atoms with Crippen LogP contribution in [0.25, 0.3) is 6.08 Å². The van der Waals surface area contributed by atoms with Crippen LogP contribution in [-0.2, 0) is 17.9 Å². The van der Waals surface area contributed by atoms with E-state index in [1.54, 1.807) is 36.4 Å². The highest BCUT2D eigenvalue weighted by Gasteiger charge is 2.35. The van der Waals surface area contributed by atoms with Crippen molar-refractivity contribution in [3.8, 4) is 17.6 Å². The van der Waals surface area contributed by atoms with E-state index in [4.69, 9.17) is 9.47 Å². The van der Waals surface area contributed by atoms with Crippen LogP contribution < -0.4 is 9.47 Å². The summed E-state index contributed by atoms with van der Waals surface area (Å²) in [7, 11) is 1.53. The summed E-state index contributed by atoms with van der Waals surface area (Å²) in [4.78, 5) is 26.9. The van der Waals surface area contributed by atoms with Gasteiger partial charge in [-0.05, 0) is 54.1 Å². The van der Waals surface area contributed by atoms with Crippen LogP contribution in [0.4, 0.5) is 4.79 Å². The summed E-state index contributed by atoms with van der Waals surface area (Å²) in [5.41, 5.74) is 4.06. The van der Waals surface area contributed by atoms with Gasteiger partial charge in [0.2, 0.25) is 0 Å². The molecular weight excluding hydrogens is 448 g/mol. The first-order chi connectivity index (χ1) is 16.5. The Kier molecular flexibility index (Phi) is 7.00. The van der Waals surface area contributed by atoms with Crippen LogP contribution in [0.15, 0.2) is 71.6 Å². The normalized spacial score (nSPS) is 14.4. The van der Waals surface area contributed by atoms with E-state index in [1.807, 2.05) is 43.3 Å². The van der Waals surface area contributed by atoms with Gasteiger partial charge in [0.05, 0.1) is 30.2 Å². The molecule has 3 aromatic carbocycles. The van der Waals surface area contributed by atoms with Crippen molar-refractivity contribution < 1.29 is 19.1 Å². The fourth-order valence-electron chi connectivity index (χ4n) is 3.47. The fourth-order valence-corrected chi connectivity index (χ4v) is 4.31. The van der Waals surface area contributed by atoms with Crippen molar-refractivity contribution >= 4 is 29.0 Å². The van der Waals surface area contributed by atoms with Crippen molar-refractivity contribution in [2.24, 2.45) is 0 Å². The Hall–Kier alpha value is -4.02. The molecule has 1 fully saturated rings. The molecule has 6 nitrogen and oxygen atoms in total. The number of imide groups is 1. The summed E-state index contributed by atoms with van der Waals surface area (Å²) >= 11 is 0.924. The second-order valence-corrected chi connectivity index (χ2v) is 8.71. The number of carbonyl (C=O) groups excluding carboxylic acids is 2. The number of hydrogen-bond acceptors (Lipinski definition) is 6. The lowest BCUT2D eigenvalue weighted by Crippen LogP contribution is -2.27. The molecule has 1 aliphatic heterocycles. The minimum atomic E-state index is -0.317. The lowest BCUT2D eigenvalue weighted by molar-refractivity contribution is -0.123. The molecule has 0 radical (unpaired) electrons. The number of ether oxygens (including phenoxy) is 2. The van der Waals surface area contributed by atoms with Gasteiger partial charge in [0, 0.05) is 5.56 Å². The van der Waals surface area contributed by atoms with E-state index in [9.17, 15) is 14.9 Å². The largest absolute Gasteiger partial charge is 0.493 e. The van der Waals surface area contributed by atoms with Crippen molar-refractivity contribution in [2.45, 2.75) is 20.1 Å². The number of benzene rings is 3. The molecule has 0 unspecified atom stereocenters. The van der Waals surface area contributed by atoms with Crippen molar-refractivity contribution in [1.82, 2.24) is 4.90 Å². The van der Waals surface area contributed by atoms with Gasteiger partial charge in [-0.3, -0.25) is 14.5 Å². The number of carbonyl (C=O) groups is 2. The maximum Gasteiger partial charge on any atom is 0.293 e. The van der Waals surface area contributed by atoms with Gasteiger partial charge in [-0.15, -0.1) is 0 Å². The Labute approximate surface area is 202 Å². The molecule has 1 saturated heterocycles. The third-order valence-corrected chi connectivity index (χ3v) is 6.25. The maximum atomic E-state index is 12.9. The summed E-state index contributed by atoms with van der Waals surface area (Å²) in [6, 6.07) is 22.4. The molecule has 0 saturated carbocycles. The lowest BCUT2D eigenvalue weighted by Gasteiger charge is -2.13. The van der Waals surface area contributed by atoms with Crippen molar-refractivity contribution in [3.05, 3.63) is 99.5 Å². The third-order valence-electron chi connectivity index (χ3n) is 5.34. The van der Waals surface area contributed by atoms with E-state index in [1.165, 1.54) is 12.0 Å². The first-order valence-electron chi connectivity index (χ1n) is 10.6. The van der Waals surface area contributed by atoms with Gasteiger partial charge in [0.1, 0.15) is 6.61 Å². The SMILES string of the molecule is COc1cc(/C=C2\SC(=O)N(Cc3ccc(C)cc3)C2=O)ccc1OCc1ccccc1C#N. The Morgan fingerprint density at radius 3 is 2.53 bits per heavy atom. The summed E-state index contributed by atoms with van der Waals surface area (Å²) < 4.78 is 11.3. The van der Waals surface area contributed by atoms with E-state index in [-0.39, 0.29) is 24.3 Å². The highest BCUT2D eigenvalue weighted by molar-refractivity contribution is 8.18. The smallest absolute Gasteiger partial charge is 0.293 e. The quantitative estimate of drug-likeness (QED) is 0.413. The predicted octanol–water partition coefficient (Wildman–Crippen LogP) is 5.69. The fraction of sp³-hybridized carbons (Fsp3) is 0.148. The highest BCUT2D eigenvalue weighted by Crippen LogP contribution is 2.35. The molecule has 7 heteroatoms. The first kappa shape index (κ1) is 23.1. The molecule has 0 bridgehead atoms.